The van der Waals surface area contributed by atoms with E-state index in [4.69, 9.17) is 23.7 Å². The highest BCUT2D eigenvalue weighted by atomic mass is 16.7. The molecule has 0 radical (unpaired) electrons. The van der Waals surface area contributed by atoms with Crippen molar-refractivity contribution in [3.63, 3.8) is 0 Å². The Morgan fingerprint density at radius 1 is 1.33 bits per heavy atom. The minimum Gasteiger partial charge on any atom is -0.462 e. The van der Waals surface area contributed by atoms with Gasteiger partial charge in [-0.1, -0.05) is 13.8 Å². The molecule has 0 aromatic rings. The number of fused-ring (bicyclic) bond motifs is 2. The quantitative estimate of drug-likeness (QED) is 0.531. The maximum absolute atomic E-state index is 12.1. The Morgan fingerprint density at radius 2 is 2.10 bits per heavy atom. The third kappa shape index (κ3) is 1.82. The van der Waals surface area contributed by atoms with Crippen molar-refractivity contribution in [1.82, 2.24) is 0 Å². The molecule has 9 atom stereocenters. The second-order valence-electron chi connectivity index (χ2n) is 10.4. The topological polar surface area (TPSA) is 104 Å². The van der Waals surface area contributed by atoms with E-state index in [1.807, 2.05) is 0 Å². The van der Waals surface area contributed by atoms with E-state index in [0.29, 0.717) is 18.4 Å². The van der Waals surface area contributed by atoms with Crippen LogP contribution in [0.1, 0.15) is 53.4 Å². The lowest BCUT2D eigenvalue weighted by Crippen LogP contribution is -2.77. The summed E-state index contributed by atoms with van der Waals surface area (Å²) in [5, 5.41) is 10.4. The Bertz CT molecular complexity index is 900. The fourth-order valence-electron chi connectivity index (χ4n) is 7.84. The van der Waals surface area contributed by atoms with Crippen LogP contribution in [0.4, 0.5) is 0 Å². The van der Waals surface area contributed by atoms with E-state index in [1.54, 1.807) is 0 Å². The van der Waals surface area contributed by atoms with Crippen molar-refractivity contribution >= 4 is 11.9 Å². The number of aliphatic hydroxyl groups excluding tert-OH is 1. The van der Waals surface area contributed by atoms with Crippen molar-refractivity contribution in [2.45, 2.75) is 88.9 Å². The molecule has 164 valence electrons. The molecule has 5 fully saturated rings. The molecule has 0 aromatic carbocycles. The molecule has 1 N–H and O–H groups in total. The predicted octanol–water partition coefficient (Wildman–Crippen LogP) is 1.59. The van der Waals surface area contributed by atoms with Gasteiger partial charge in [-0.05, 0) is 32.1 Å². The molecule has 3 saturated heterocycles. The highest BCUT2D eigenvalue weighted by molar-refractivity contribution is 5.86. The summed E-state index contributed by atoms with van der Waals surface area (Å²) in [5.41, 5.74) is -1.86. The van der Waals surface area contributed by atoms with Gasteiger partial charge in [0.05, 0.1) is 29.3 Å². The number of hydrogen-bond acceptors (Lipinski definition) is 8. The van der Waals surface area contributed by atoms with Crippen molar-refractivity contribution in [2.75, 3.05) is 6.61 Å². The number of esters is 2. The van der Waals surface area contributed by atoms with Crippen LogP contribution in [-0.4, -0.2) is 59.1 Å². The number of hydrogen-bond donors (Lipinski definition) is 1. The van der Waals surface area contributed by atoms with Crippen molar-refractivity contribution in [3.05, 3.63) is 11.6 Å². The van der Waals surface area contributed by atoms with Crippen LogP contribution < -0.4 is 0 Å². The number of epoxide rings is 1. The van der Waals surface area contributed by atoms with E-state index in [2.05, 4.69) is 20.8 Å². The minimum atomic E-state index is -1.38. The first kappa shape index (κ1) is 19.2. The van der Waals surface area contributed by atoms with Gasteiger partial charge in [0.2, 0.25) is 6.29 Å². The number of rotatable bonds is 2. The third-order valence-corrected chi connectivity index (χ3v) is 9.42. The maximum Gasteiger partial charge on any atom is 0.333 e. The largest absolute Gasteiger partial charge is 0.462 e. The molecule has 4 heterocycles. The van der Waals surface area contributed by atoms with Gasteiger partial charge in [-0.15, -0.1) is 0 Å². The molecule has 8 nitrogen and oxygen atoms in total. The molecule has 2 aliphatic carbocycles. The Balaban J connectivity index is 1.55. The highest BCUT2D eigenvalue weighted by Gasteiger charge is 2.89. The van der Waals surface area contributed by atoms with Gasteiger partial charge in [0.25, 0.3) is 0 Å². The molecule has 2 unspecified atom stereocenters. The Hall–Kier alpha value is -1.48. The van der Waals surface area contributed by atoms with E-state index in [0.717, 1.165) is 12.8 Å². The maximum atomic E-state index is 12.1. The van der Waals surface area contributed by atoms with Gasteiger partial charge in [-0.2, -0.15) is 0 Å². The first-order chi connectivity index (χ1) is 14.0. The lowest BCUT2D eigenvalue weighted by Gasteiger charge is -2.66. The Morgan fingerprint density at radius 3 is 2.77 bits per heavy atom. The number of cyclic esters (lactones) is 1. The normalized spacial score (nSPS) is 57.8. The van der Waals surface area contributed by atoms with Gasteiger partial charge in [0.1, 0.15) is 11.7 Å². The molecule has 0 aromatic heterocycles. The van der Waals surface area contributed by atoms with Crippen molar-refractivity contribution in [1.29, 1.82) is 0 Å². The molecule has 30 heavy (non-hydrogen) atoms. The van der Waals surface area contributed by atoms with Crippen LogP contribution in [0.15, 0.2) is 11.6 Å². The smallest absolute Gasteiger partial charge is 0.333 e. The summed E-state index contributed by atoms with van der Waals surface area (Å²) < 4.78 is 30.5. The second kappa shape index (κ2) is 5.28. The van der Waals surface area contributed by atoms with Gasteiger partial charge in [0.15, 0.2) is 5.79 Å². The summed E-state index contributed by atoms with van der Waals surface area (Å²) >= 11 is 0. The molecule has 6 aliphatic rings. The molecule has 6 rings (SSSR count). The molecule has 0 amide bonds. The van der Waals surface area contributed by atoms with E-state index in [-0.39, 0.29) is 30.0 Å². The predicted molar refractivity (Wildman–Crippen MR) is 99.7 cm³/mol. The highest BCUT2D eigenvalue weighted by Crippen LogP contribution is 2.80. The zero-order valence-electron chi connectivity index (χ0n) is 17.7. The lowest BCUT2D eigenvalue weighted by molar-refractivity contribution is -0.378. The number of carbonyl (C=O) groups is 2. The van der Waals surface area contributed by atoms with Crippen molar-refractivity contribution in [2.24, 2.45) is 16.7 Å². The van der Waals surface area contributed by atoms with Gasteiger partial charge >= 0.3 is 11.9 Å². The third-order valence-electron chi connectivity index (χ3n) is 9.42. The molecule has 2 saturated carbocycles. The van der Waals surface area contributed by atoms with Gasteiger partial charge in [-0.3, -0.25) is 4.79 Å². The summed E-state index contributed by atoms with van der Waals surface area (Å²) in [4.78, 5) is 23.9. The van der Waals surface area contributed by atoms with Crippen LogP contribution in [0, 0.1) is 16.7 Å². The number of carbonyl (C=O) groups excluding carboxylic acids is 2. The van der Waals surface area contributed by atoms with Crippen LogP contribution in [-0.2, 0) is 33.3 Å². The van der Waals surface area contributed by atoms with Crippen LogP contribution in [0.5, 0.6) is 0 Å². The van der Waals surface area contributed by atoms with E-state index in [1.165, 1.54) is 13.0 Å². The van der Waals surface area contributed by atoms with E-state index in [9.17, 15) is 14.7 Å². The minimum absolute atomic E-state index is 0.0836. The van der Waals surface area contributed by atoms with Gasteiger partial charge in [-0.25, -0.2) is 4.79 Å². The van der Waals surface area contributed by atoms with Crippen LogP contribution in [0.25, 0.3) is 0 Å². The Kier molecular flexibility index (Phi) is 3.39. The van der Waals surface area contributed by atoms with E-state index < -0.39 is 40.8 Å². The summed E-state index contributed by atoms with van der Waals surface area (Å²) in [5.74, 6) is -2.00. The summed E-state index contributed by atoms with van der Waals surface area (Å²) in [7, 11) is 0. The van der Waals surface area contributed by atoms with Gasteiger partial charge < -0.3 is 28.8 Å². The average molecular weight is 420 g/mol. The Labute approximate surface area is 174 Å². The van der Waals surface area contributed by atoms with Crippen LogP contribution in [0.2, 0.25) is 0 Å². The fraction of sp³-hybridized carbons (Fsp3) is 0.818. The SMILES string of the molecule is CC(=O)O[C@@H]1C[C@H](C)[C@@]2(C)C[C@@]3(C4=CC(=O)OC4O)OC[C@]14C2(CC[C@@H]1O[C@@]14C)O3. The number of aliphatic hydroxyl groups is 1. The zero-order valence-corrected chi connectivity index (χ0v) is 17.7. The molecular weight excluding hydrogens is 392 g/mol. The first-order valence-corrected chi connectivity index (χ1v) is 10.8. The second-order valence-corrected chi connectivity index (χ2v) is 10.4. The molecule has 8 heteroatoms. The standard InChI is InChI=1S/C22H28O8/c1-11-7-15(27-12(2)23)20-10-26-21(13-8-16(24)28-17(13)25)9-18(11,3)22(20,30-21)6-5-14-19(20,4)29-14/h8,11,14-15,17,25H,5-7,9-10H2,1-4H3/t11-,14-,15+,17?,18+,19-,20-,21+,22?/m0/s1. The summed E-state index contributed by atoms with van der Waals surface area (Å²) in [6.45, 7) is 8.16. The van der Waals surface area contributed by atoms with Crippen LogP contribution >= 0.6 is 0 Å². The monoisotopic (exact) mass is 420 g/mol. The molecule has 2 bridgehead atoms. The zero-order chi connectivity index (χ0) is 21.3. The first-order valence-electron chi connectivity index (χ1n) is 10.8. The lowest BCUT2D eigenvalue weighted by atomic mass is 9.41. The molecule has 4 aliphatic heterocycles. The van der Waals surface area contributed by atoms with Crippen molar-refractivity contribution in [3.8, 4) is 0 Å². The van der Waals surface area contributed by atoms with E-state index >= 15 is 0 Å². The summed E-state index contributed by atoms with van der Waals surface area (Å²) in [6.07, 6.45) is 2.37. The molecular formula is C22H28O8. The number of ether oxygens (including phenoxy) is 5. The average Bonchev–Trinajstić information content (AvgIpc) is 3.13. The fourth-order valence-corrected chi connectivity index (χ4v) is 7.84. The van der Waals surface area contributed by atoms with Crippen LogP contribution in [0.3, 0.4) is 0 Å². The van der Waals surface area contributed by atoms with Gasteiger partial charge in [0, 0.05) is 24.8 Å². The molecule has 1 spiro atoms. The van der Waals surface area contributed by atoms with Crippen molar-refractivity contribution < 1.29 is 38.4 Å². The summed E-state index contributed by atoms with van der Waals surface area (Å²) in [6, 6.07) is 0.